The molecule has 0 amide bonds. The highest BCUT2D eigenvalue weighted by Gasteiger charge is 2.04. The predicted molar refractivity (Wildman–Crippen MR) is 101 cm³/mol. The number of nitrogens with zero attached hydrogens (tertiary/aromatic N) is 2. The fourth-order valence-electron chi connectivity index (χ4n) is 1.75. The van der Waals surface area contributed by atoms with Gasteiger partial charge in [-0.1, -0.05) is 31.2 Å². The molecule has 3 N–H and O–H groups in total. The SMILES string of the molecule is CCCOc1ncccc1CN=C(N)Nc1ccccc1.I. The first-order valence-electron chi connectivity index (χ1n) is 6.98. The predicted octanol–water partition coefficient (Wildman–Crippen LogP) is 3.42. The maximum Gasteiger partial charge on any atom is 0.218 e. The van der Waals surface area contributed by atoms with Gasteiger partial charge in [0.2, 0.25) is 5.88 Å². The van der Waals surface area contributed by atoms with Crippen molar-refractivity contribution >= 4 is 35.6 Å². The molecular weight excluding hydrogens is 391 g/mol. The molecule has 0 fully saturated rings. The van der Waals surface area contributed by atoms with Crippen LogP contribution in [0.1, 0.15) is 18.9 Å². The highest BCUT2D eigenvalue weighted by Crippen LogP contribution is 2.15. The molecule has 118 valence electrons. The van der Waals surface area contributed by atoms with Crippen molar-refractivity contribution in [3.05, 3.63) is 54.2 Å². The van der Waals surface area contributed by atoms with E-state index in [4.69, 9.17) is 10.5 Å². The van der Waals surface area contributed by atoms with E-state index in [1.54, 1.807) is 6.20 Å². The van der Waals surface area contributed by atoms with E-state index < -0.39 is 0 Å². The molecule has 2 aromatic rings. The van der Waals surface area contributed by atoms with Crippen molar-refractivity contribution in [2.45, 2.75) is 19.9 Å². The van der Waals surface area contributed by atoms with Crippen molar-refractivity contribution in [2.75, 3.05) is 11.9 Å². The first-order chi connectivity index (χ1) is 10.3. The second kappa shape index (κ2) is 9.99. The standard InChI is InChI=1S/C16H20N4O.HI/c1-2-11-21-15-13(7-6-10-18-15)12-19-16(17)20-14-8-4-3-5-9-14;/h3-10H,2,11-12H2,1H3,(H3,17,19,20);1H. The molecule has 0 saturated carbocycles. The van der Waals surface area contributed by atoms with E-state index in [2.05, 4.69) is 22.2 Å². The first-order valence-corrected chi connectivity index (χ1v) is 6.98. The number of anilines is 1. The van der Waals surface area contributed by atoms with Crippen LogP contribution in [0.25, 0.3) is 0 Å². The molecule has 1 aromatic heterocycles. The Morgan fingerprint density at radius 1 is 1.23 bits per heavy atom. The average Bonchev–Trinajstić information content (AvgIpc) is 2.52. The molecule has 0 unspecified atom stereocenters. The summed E-state index contributed by atoms with van der Waals surface area (Å²) >= 11 is 0. The van der Waals surface area contributed by atoms with Crippen LogP contribution >= 0.6 is 24.0 Å². The first kappa shape index (κ1) is 18.2. The fourth-order valence-corrected chi connectivity index (χ4v) is 1.75. The summed E-state index contributed by atoms with van der Waals surface area (Å²) in [5.41, 5.74) is 7.71. The Balaban J connectivity index is 0.00000242. The number of rotatable bonds is 6. The zero-order valence-corrected chi connectivity index (χ0v) is 14.9. The normalized spacial score (nSPS) is 10.7. The van der Waals surface area contributed by atoms with Gasteiger partial charge >= 0.3 is 0 Å². The molecular formula is C16H21IN4O. The number of nitrogens with two attached hydrogens (primary N) is 1. The number of aliphatic imine (C=N–C) groups is 1. The molecule has 0 radical (unpaired) electrons. The molecule has 0 saturated heterocycles. The maximum atomic E-state index is 5.88. The Kier molecular flexibility index (Phi) is 8.27. The van der Waals surface area contributed by atoms with Gasteiger partial charge in [0, 0.05) is 17.4 Å². The highest BCUT2D eigenvalue weighted by atomic mass is 127. The van der Waals surface area contributed by atoms with Crippen LogP contribution in [0.4, 0.5) is 5.69 Å². The summed E-state index contributed by atoms with van der Waals surface area (Å²) < 4.78 is 5.60. The monoisotopic (exact) mass is 412 g/mol. The Labute approximate surface area is 148 Å². The van der Waals surface area contributed by atoms with Gasteiger partial charge in [-0.3, -0.25) is 0 Å². The van der Waals surface area contributed by atoms with Crippen molar-refractivity contribution in [2.24, 2.45) is 10.7 Å². The van der Waals surface area contributed by atoms with Crippen molar-refractivity contribution in [3.63, 3.8) is 0 Å². The van der Waals surface area contributed by atoms with Gasteiger partial charge in [0.15, 0.2) is 5.96 Å². The Hall–Kier alpha value is -1.83. The Bertz CT molecular complexity index is 590. The lowest BCUT2D eigenvalue weighted by Crippen LogP contribution is -2.22. The largest absolute Gasteiger partial charge is 0.477 e. The number of guanidine groups is 1. The van der Waals surface area contributed by atoms with E-state index >= 15 is 0 Å². The van der Waals surface area contributed by atoms with Crippen molar-refractivity contribution in [1.82, 2.24) is 4.98 Å². The lowest BCUT2D eigenvalue weighted by Gasteiger charge is -2.08. The zero-order valence-electron chi connectivity index (χ0n) is 12.5. The minimum Gasteiger partial charge on any atom is -0.477 e. The summed E-state index contributed by atoms with van der Waals surface area (Å²) in [5, 5.41) is 3.04. The minimum atomic E-state index is 0. The van der Waals surface area contributed by atoms with Gasteiger partial charge < -0.3 is 15.8 Å². The van der Waals surface area contributed by atoms with Crippen LogP contribution in [-0.2, 0) is 6.54 Å². The van der Waals surface area contributed by atoms with Crippen molar-refractivity contribution in [3.8, 4) is 5.88 Å². The number of benzene rings is 1. The summed E-state index contributed by atoms with van der Waals surface area (Å²) in [4.78, 5) is 8.55. The van der Waals surface area contributed by atoms with E-state index in [1.807, 2.05) is 42.5 Å². The third-order valence-electron chi connectivity index (χ3n) is 2.76. The van der Waals surface area contributed by atoms with Gasteiger partial charge in [-0.2, -0.15) is 0 Å². The van der Waals surface area contributed by atoms with Crippen LogP contribution in [0.5, 0.6) is 5.88 Å². The molecule has 0 aliphatic carbocycles. The molecule has 0 spiro atoms. The molecule has 5 nitrogen and oxygen atoms in total. The molecule has 6 heteroatoms. The topological polar surface area (TPSA) is 72.5 Å². The average molecular weight is 412 g/mol. The minimum absolute atomic E-state index is 0. The summed E-state index contributed by atoms with van der Waals surface area (Å²) in [6, 6.07) is 13.5. The van der Waals surface area contributed by atoms with Gasteiger partial charge in [-0.05, 0) is 24.6 Å². The number of aromatic nitrogens is 1. The third kappa shape index (κ3) is 5.88. The molecule has 0 atom stereocenters. The second-order valence-corrected chi connectivity index (χ2v) is 4.51. The number of halogens is 1. The number of para-hydroxylation sites is 1. The molecule has 0 aliphatic heterocycles. The maximum absolute atomic E-state index is 5.88. The number of hydrogen-bond donors (Lipinski definition) is 2. The number of hydrogen-bond acceptors (Lipinski definition) is 3. The number of pyridine rings is 1. The van der Waals surface area contributed by atoms with Crippen LogP contribution in [0, 0.1) is 0 Å². The molecule has 1 aromatic carbocycles. The molecule has 0 aliphatic rings. The summed E-state index contributed by atoms with van der Waals surface area (Å²) in [6.07, 6.45) is 2.65. The Morgan fingerprint density at radius 2 is 2.00 bits per heavy atom. The summed E-state index contributed by atoms with van der Waals surface area (Å²) in [7, 11) is 0. The molecule has 1 heterocycles. The zero-order chi connectivity index (χ0) is 14.9. The van der Waals surface area contributed by atoms with E-state index in [0.29, 0.717) is 25.0 Å². The van der Waals surface area contributed by atoms with Gasteiger partial charge in [-0.25, -0.2) is 9.98 Å². The Morgan fingerprint density at radius 3 is 2.73 bits per heavy atom. The highest BCUT2D eigenvalue weighted by molar-refractivity contribution is 14.0. The van der Waals surface area contributed by atoms with Crippen LogP contribution in [0.3, 0.4) is 0 Å². The van der Waals surface area contributed by atoms with Crippen molar-refractivity contribution in [1.29, 1.82) is 0 Å². The van der Waals surface area contributed by atoms with E-state index in [9.17, 15) is 0 Å². The van der Waals surface area contributed by atoms with Gasteiger partial charge in [-0.15, -0.1) is 24.0 Å². The van der Waals surface area contributed by atoms with Gasteiger partial charge in [0.05, 0.1) is 13.2 Å². The third-order valence-corrected chi connectivity index (χ3v) is 2.76. The van der Waals surface area contributed by atoms with E-state index in [0.717, 1.165) is 17.7 Å². The quantitative estimate of drug-likeness (QED) is 0.433. The summed E-state index contributed by atoms with van der Waals surface area (Å²) in [5.74, 6) is 0.988. The van der Waals surface area contributed by atoms with Crippen LogP contribution in [0.2, 0.25) is 0 Å². The number of ether oxygens (including phenoxy) is 1. The van der Waals surface area contributed by atoms with Gasteiger partial charge in [0.1, 0.15) is 0 Å². The molecule has 2 rings (SSSR count). The smallest absolute Gasteiger partial charge is 0.218 e. The van der Waals surface area contributed by atoms with E-state index in [1.165, 1.54) is 0 Å². The van der Waals surface area contributed by atoms with Crippen LogP contribution in [-0.4, -0.2) is 17.6 Å². The fraction of sp³-hybridized carbons (Fsp3) is 0.250. The van der Waals surface area contributed by atoms with Crippen LogP contribution < -0.4 is 15.8 Å². The van der Waals surface area contributed by atoms with E-state index in [-0.39, 0.29) is 24.0 Å². The van der Waals surface area contributed by atoms with Crippen LogP contribution in [0.15, 0.2) is 53.7 Å². The second-order valence-electron chi connectivity index (χ2n) is 4.51. The molecule has 22 heavy (non-hydrogen) atoms. The lowest BCUT2D eigenvalue weighted by atomic mass is 10.3. The molecule has 0 bridgehead atoms. The van der Waals surface area contributed by atoms with Gasteiger partial charge in [0.25, 0.3) is 0 Å². The summed E-state index contributed by atoms with van der Waals surface area (Å²) in [6.45, 7) is 3.13. The lowest BCUT2D eigenvalue weighted by molar-refractivity contribution is 0.302. The number of nitrogens with one attached hydrogen (secondary N) is 1. The van der Waals surface area contributed by atoms with Crippen molar-refractivity contribution < 1.29 is 4.74 Å².